The maximum atomic E-state index is 13.1. The van der Waals surface area contributed by atoms with Crippen LogP contribution in [0.2, 0.25) is 0 Å². The largest absolute Gasteiger partial charge is 0.274 e. The Morgan fingerprint density at radius 1 is 1.18 bits per heavy atom. The Kier molecular flexibility index (Phi) is 4.06. The molecule has 0 N–H and O–H groups in total. The molecule has 0 saturated carbocycles. The van der Waals surface area contributed by atoms with Gasteiger partial charge in [0.05, 0.1) is 12.2 Å². The van der Waals surface area contributed by atoms with E-state index in [0.717, 1.165) is 24.8 Å². The zero-order valence-corrected chi connectivity index (χ0v) is 13.7. The lowest BCUT2D eigenvalue weighted by atomic mass is 9.94. The Morgan fingerprint density at radius 2 is 1.91 bits per heavy atom. The van der Waals surface area contributed by atoms with Gasteiger partial charge in [-0.25, -0.2) is 8.42 Å². The minimum absolute atomic E-state index is 0.0100. The van der Waals surface area contributed by atoms with Crippen molar-refractivity contribution in [2.24, 2.45) is 7.05 Å². The fraction of sp³-hybridized carbons (Fsp3) is 0.438. The molecule has 1 aromatic heterocycles. The topological polar surface area (TPSA) is 55.2 Å². The molecule has 2 heterocycles. The Labute approximate surface area is 131 Å². The first kappa shape index (κ1) is 15.2. The van der Waals surface area contributed by atoms with Crippen LogP contribution in [-0.2, 0) is 17.1 Å². The van der Waals surface area contributed by atoms with Gasteiger partial charge in [-0.1, -0.05) is 30.3 Å². The van der Waals surface area contributed by atoms with Crippen LogP contribution >= 0.6 is 0 Å². The highest BCUT2D eigenvalue weighted by molar-refractivity contribution is 7.89. The number of hydrogen-bond acceptors (Lipinski definition) is 3. The van der Waals surface area contributed by atoms with Crippen molar-refractivity contribution in [1.82, 2.24) is 14.1 Å². The molecule has 118 valence electrons. The van der Waals surface area contributed by atoms with E-state index in [-0.39, 0.29) is 17.0 Å². The number of aromatic nitrogens is 2. The molecular weight excluding hydrogens is 298 g/mol. The molecule has 5 nitrogen and oxygen atoms in total. The third-order valence-electron chi connectivity index (χ3n) is 4.28. The predicted molar refractivity (Wildman–Crippen MR) is 84.7 cm³/mol. The van der Waals surface area contributed by atoms with E-state index in [4.69, 9.17) is 0 Å². The summed E-state index contributed by atoms with van der Waals surface area (Å²) in [5, 5.41) is 4.01. The first-order valence-electron chi connectivity index (χ1n) is 7.57. The number of nitrogens with zero attached hydrogens (tertiary/aromatic N) is 3. The summed E-state index contributed by atoms with van der Waals surface area (Å²) in [7, 11) is -1.81. The van der Waals surface area contributed by atoms with Crippen molar-refractivity contribution in [3.63, 3.8) is 0 Å². The van der Waals surface area contributed by atoms with Gasteiger partial charge in [0.2, 0.25) is 10.0 Å². The molecule has 2 atom stereocenters. The minimum atomic E-state index is -3.54. The van der Waals surface area contributed by atoms with Gasteiger partial charge < -0.3 is 0 Å². The van der Waals surface area contributed by atoms with E-state index >= 15 is 0 Å². The Morgan fingerprint density at radius 3 is 2.55 bits per heavy atom. The van der Waals surface area contributed by atoms with Gasteiger partial charge in [-0.3, -0.25) is 4.68 Å². The SMILES string of the molecule is C[C@@H]1CCC[C@H](c2ccccc2)N1S(=O)(=O)c1cnn(C)c1. The Hall–Kier alpha value is -1.66. The summed E-state index contributed by atoms with van der Waals surface area (Å²) < 4.78 is 29.3. The molecule has 0 radical (unpaired) electrons. The number of hydrogen-bond donors (Lipinski definition) is 0. The highest BCUT2D eigenvalue weighted by Crippen LogP contribution is 2.38. The first-order valence-corrected chi connectivity index (χ1v) is 9.01. The molecular formula is C16H21N3O2S. The molecule has 3 rings (SSSR count). The summed E-state index contributed by atoms with van der Waals surface area (Å²) in [5.74, 6) is 0. The van der Waals surface area contributed by atoms with Gasteiger partial charge in [-0.05, 0) is 31.7 Å². The van der Waals surface area contributed by atoms with Crippen LogP contribution in [0.25, 0.3) is 0 Å². The third kappa shape index (κ3) is 2.68. The van der Waals surface area contributed by atoms with Crippen molar-refractivity contribution in [2.45, 2.75) is 43.2 Å². The van der Waals surface area contributed by atoms with Gasteiger partial charge >= 0.3 is 0 Å². The fourth-order valence-electron chi connectivity index (χ4n) is 3.22. The maximum Gasteiger partial charge on any atom is 0.247 e. The zero-order valence-electron chi connectivity index (χ0n) is 12.9. The lowest BCUT2D eigenvalue weighted by Crippen LogP contribution is -2.44. The Balaban J connectivity index is 2.04. The van der Waals surface area contributed by atoms with Crippen molar-refractivity contribution in [1.29, 1.82) is 0 Å². The summed E-state index contributed by atoms with van der Waals surface area (Å²) in [4.78, 5) is 0.268. The first-order chi connectivity index (χ1) is 10.5. The monoisotopic (exact) mass is 319 g/mol. The summed E-state index contributed by atoms with van der Waals surface area (Å²) in [6.45, 7) is 1.99. The lowest BCUT2D eigenvalue weighted by Gasteiger charge is -2.39. The van der Waals surface area contributed by atoms with Crippen LogP contribution in [0, 0.1) is 0 Å². The van der Waals surface area contributed by atoms with Crippen molar-refractivity contribution < 1.29 is 8.42 Å². The van der Waals surface area contributed by atoms with Crippen molar-refractivity contribution in [3.05, 3.63) is 48.3 Å². The lowest BCUT2D eigenvalue weighted by molar-refractivity contribution is 0.193. The van der Waals surface area contributed by atoms with Gasteiger partial charge in [0.15, 0.2) is 0 Å². The van der Waals surface area contributed by atoms with Gasteiger partial charge in [-0.15, -0.1) is 0 Å². The average molecular weight is 319 g/mol. The summed E-state index contributed by atoms with van der Waals surface area (Å²) >= 11 is 0. The van der Waals surface area contributed by atoms with Crippen LogP contribution in [0.15, 0.2) is 47.6 Å². The van der Waals surface area contributed by atoms with Crippen LogP contribution < -0.4 is 0 Å². The average Bonchev–Trinajstić information content (AvgIpc) is 2.95. The number of aryl methyl sites for hydroxylation is 1. The van der Waals surface area contributed by atoms with Crippen LogP contribution in [0.4, 0.5) is 0 Å². The fourth-order valence-corrected chi connectivity index (χ4v) is 5.07. The van der Waals surface area contributed by atoms with E-state index in [1.54, 1.807) is 17.5 Å². The van der Waals surface area contributed by atoms with E-state index in [1.807, 2.05) is 37.3 Å². The van der Waals surface area contributed by atoms with E-state index in [2.05, 4.69) is 5.10 Å². The highest BCUT2D eigenvalue weighted by Gasteiger charge is 2.39. The number of benzene rings is 1. The van der Waals surface area contributed by atoms with Crippen LogP contribution in [0.3, 0.4) is 0 Å². The highest BCUT2D eigenvalue weighted by atomic mass is 32.2. The van der Waals surface area contributed by atoms with Gasteiger partial charge in [-0.2, -0.15) is 9.40 Å². The normalized spacial score (nSPS) is 23.5. The molecule has 0 amide bonds. The molecule has 1 saturated heterocycles. The summed E-state index contributed by atoms with van der Waals surface area (Å²) in [6, 6.07) is 9.78. The van der Waals surface area contributed by atoms with Crippen LogP contribution in [-0.4, -0.2) is 28.5 Å². The molecule has 0 aliphatic carbocycles. The van der Waals surface area contributed by atoms with E-state index < -0.39 is 10.0 Å². The van der Waals surface area contributed by atoms with E-state index in [0.29, 0.717) is 0 Å². The van der Waals surface area contributed by atoms with Gasteiger partial charge in [0.25, 0.3) is 0 Å². The van der Waals surface area contributed by atoms with Gasteiger partial charge in [0.1, 0.15) is 4.90 Å². The van der Waals surface area contributed by atoms with Crippen molar-refractivity contribution in [3.8, 4) is 0 Å². The maximum absolute atomic E-state index is 13.1. The second-order valence-electron chi connectivity index (χ2n) is 5.89. The molecule has 2 aromatic rings. The quantitative estimate of drug-likeness (QED) is 0.874. The van der Waals surface area contributed by atoms with E-state index in [1.165, 1.54) is 10.9 Å². The Bertz CT molecular complexity index is 740. The molecule has 0 spiro atoms. The number of piperidine rings is 1. The van der Waals surface area contributed by atoms with Gasteiger partial charge in [0, 0.05) is 19.3 Å². The molecule has 1 aliphatic heterocycles. The molecule has 6 heteroatoms. The molecule has 1 aromatic carbocycles. The predicted octanol–water partition coefficient (Wildman–Crippen LogP) is 2.72. The number of rotatable bonds is 3. The molecule has 22 heavy (non-hydrogen) atoms. The molecule has 1 aliphatic rings. The van der Waals surface area contributed by atoms with Crippen molar-refractivity contribution >= 4 is 10.0 Å². The second kappa shape index (κ2) is 5.85. The standard InChI is InChI=1S/C16H21N3O2S/c1-13-7-6-10-16(14-8-4-3-5-9-14)19(13)22(20,21)15-11-17-18(2)12-15/h3-5,8-9,11-13,16H,6-7,10H2,1-2H3/t13-,16-/m1/s1. The summed E-state index contributed by atoms with van der Waals surface area (Å²) in [5.41, 5.74) is 1.06. The zero-order chi connectivity index (χ0) is 15.7. The van der Waals surface area contributed by atoms with Crippen molar-refractivity contribution in [2.75, 3.05) is 0 Å². The van der Waals surface area contributed by atoms with Crippen LogP contribution in [0.5, 0.6) is 0 Å². The summed E-state index contributed by atoms with van der Waals surface area (Å²) in [6.07, 6.45) is 5.79. The van der Waals surface area contributed by atoms with Crippen LogP contribution in [0.1, 0.15) is 37.8 Å². The minimum Gasteiger partial charge on any atom is -0.274 e. The second-order valence-corrected chi connectivity index (χ2v) is 7.73. The number of sulfonamides is 1. The smallest absolute Gasteiger partial charge is 0.247 e. The molecule has 1 fully saturated rings. The molecule has 0 unspecified atom stereocenters. The van der Waals surface area contributed by atoms with E-state index in [9.17, 15) is 8.42 Å². The molecule has 0 bridgehead atoms. The third-order valence-corrected chi connectivity index (χ3v) is 6.26.